The molecule has 1 fully saturated rings. The van der Waals surface area contributed by atoms with Crippen molar-refractivity contribution < 1.29 is 0 Å². The van der Waals surface area contributed by atoms with Crippen molar-refractivity contribution in [2.75, 3.05) is 26.2 Å². The normalized spacial score (nSPS) is 18.8. The summed E-state index contributed by atoms with van der Waals surface area (Å²) in [5.41, 5.74) is 1.10. The Morgan fingerprint density at radius 3 is 2.39 bits per heavy atom. The van der Waals surface area contributed by atoms with Crippen LogP contribution in [0.25, 0.3) is 0 Å². The lowest BCUT2D eigenvalue weighted by molar-refractivity contribution is 0.165. The smallest absolute Gasteiger partial charge is 0.0468 e. The number of nitrogens with one attached hydrogen (secondary N) is 1. The average Bonchev–Trinajstić information content (AvgIpc) is 2.38. The first-order valence-electron chi connectivity index (χ1n) is 6.62. The van der Waals surface area contributed by atoms with Gasteiger partial charge in [-0.3, -0.25) is 4.90 Å². The SMILES string of the molecule is CCC[C@@H](c1c(Cl)cccc1Cl)N1CCNCC1. The maximum absolute atomic E-state index is 6.35. The molecule has 0 saturated carbocycles. The molecule has 18 heavy (non-hydrogen) atoms. The highest BCUT2D eigenvalue weighted by atomic mass is 35.5. The zero-order valence-corrected chi connectivity index (χ0v) is 12.3. The van der Waals surface area contributed by atoms with Gasteiger partial charge in [-0.1, -0.05) is 42.6 Å². The summed E-state index contributed by atoms with van der Waals surface area (Å²) in [4.78, 5) is 2.49. The van der Waals surface area contributed by atoms with Gasteiger partial charge in [-0.2, -0.15) is 0 Å². The third-order valence-electron chi connectivity index (χ3n) is 3.49. The maximum Gasteiger partial charge on any atom is 0.0468 e. The van der Waals surface area contributed by atoms with Crippen LogP contribution in [0.3, 0.4) is 0 Å². The molecular weight excluding hydrogens is 267 g/mol. The van der Waals surface area contributed by atoms with Crippen molar-refractivity contribution in [1.29, 1.82) is 0 Å². The lowest BCUT2D eigenvalue weighted by Crippen LogP contribution is -2.45. The summed E-state index contributed by atoms with van der Waals surface area (Å²) < 4.78 is 0. The molecule has 0 aliphatic carbocycles. The standard InChI is InChI=1S/C14H20Cl2N2/c1-2-4-13(18-9-7-17-8-10-18)14-11(15)5-3-6-12(14)16/h3,5-6,13,17H,2,4,7-10H2,1H3/t13-/m0/s1. The van der Waals surface area contributed by atoms with Crippen molar-refractivity contribution in [1.82, 2.24) is 10.2 Å². The Kier molecular flexibility index (Phi) is 5.31. The molecule has 0 aromatic heterocycles. The fourth-order valence-corrected chi connectivity index (χ4v) is 3.26. The van der Waals surface area contributed by atoms with E-state index in [0.29, 0.717) is 6.04 Å². The molecule has 2 nitrogen and oxygen atoms in total. The van der Waals surface area contributed by atoms with Gasteiger partial charge in [0.05, 0.1) is 0 Å². The van der Waals surface area contributed by atoms with Gasteiger partial charge in [0.25, 0.3) is 0 Å². The molecule has 0 spiro atoms. The summed E-state index contributed by atoms with van der Waals surface area (Å²) in [7, 11) is 0. The van der Waals surface area contributed by atoms with E-state index in [1.807, 2.05) is 18.2 Å². The number of benzene rings is 1. The second kappa shape index (κ2) is 6.76. The number of halogens is 2. The molecule has 0 amide bonds. The van der Waals surface area contributed by atoms with Crippen LogP contribution in [-0.2, 0) is 0 Å². The molecule has 1 aliphatic rings. The number of hydrogen-bond acceptors (Lipinski definition) is 2. The summed E-state index contributed by atoms with van der Waals surface area (Å²) in [5, 5.41) is 4.97. The summed E-state index contributed by atoms with van der Waals surface area (Å²) in [6, 6.07) is 6.13. The van der Waals surface area contributed by atoms with Crippen molar-refractivity contribution in [2.24, 2.45) is 0 Å². The predicted octanol–water partition coefficient (Wildman–Crippen LogP) is 3.74. The van der Waals surface area contributed by atoms with Crippen molar-refractivity contribution in [3.8, 4) is 0 Å². The first-order chi connectivity index (χ1) is 8.74. The molecule has 1 aromatic carbocycles. The quantitative estimate of drug-likeness (QED) is 0.907. The fraction of sp³-hybridized carbons (Fsp3) is 0.571. The minimum absolute atomic E-state index is 0.346. The van der Waals surface area contributed by atoms with Crippen LogP contribution in [0.5, 0.6) is 0 Å². The first kappa shape index (κ1) is 14.1. The molecule has 1 N–H and O–H groups in total. The highest BCUT2D eigenvalue weighted by Crippen LogP contribution is 2.36. The molecule has 1 atom stereocenters. The van der Waals surface area contributed by atoms with E-state index in [0.717, 1.165) is 54.6 Å². The maximum atomic E-state index is 6.35. The van der Waals surface area contributed by atoms with Crippen molar-refractivity contribution >= 4 is 23.2 Å². The van der Waals surface area contributed by atoms with Gasteiger partial charge in [0.15, 0.2) is 0 Å². The molecule has 1 heterocycles. The topological polar surface area (TPSA) is 15.3 Å². The van der Waals surface area contributed by atoms with Gasteiger partial charge in [0.1, 0.15) is 0 Å². The van der Waals surface area contributed by atoms with E-state index in [9.17, 15) is 0 Å². The summed E-state index contributed by atoms with van der Waals surface area (Å²) in [5.74, 6) is 0. The highest BCUT2D eigenvalue weighted by molar-refractivity contribution is 6.36. The first-order valence-corrected chi connectivity index (χ1v) is 7.38. The fourth-order valence-electron chi connectivity index (χ4n) is 2.61. The Morgan fingerprint density at radius 2 is 1.83 bits per heavy atom. The Labute approximate surface area is 119 Å². The van der Waals surface area contributed by atoms with Crippen LogP contribution in [0.15, 0.2) is 18.2 Å². The van der Waals surface area contributed by atoms with E-state index < -0.39 is 0 Å². The van der Waals surface area contributed by atoms with Crippen LogP contribution in [0.4, 0.5) is 0 Å². The molecule has 0 unspecified atom stereocenters. The highest BCUT2D eigenvalue weighted by Gasteiger charge is 2.25. The van der Waals surface area contributed by atoms with Gasteiger partial charge in [0.2, 0.25) is 0 Å². The predicted molar refractivity (Wildman–Crippen MR) is 78.6 cm³/mol. The molecule has 4 heteroatoms. The third kappa shape index (κ3) is 3.18. The van der Waals surface area contributed by atoms with Crippen LogP contribution >= 0.6 is 23.2 Å². The average molecular weight is 287 g/mol. The zero-order valence-electron chi connectivity index (χ0n) is 10.8. The van der Waals surface area contributed by atoms with E-state index in [1.54, 1.807) is 0 Å². The van der Waals surface area contributed by atoms with E-state index in [2.05, 4.69) is 17.1 Å². The summed E-state index contributed by atoms with van der Waals surface area (Å²) in [6.45, 7) is 6.42. The summed E-state index contributed by atoms with van der Waals surface area (Å²) in [6.07, 6.45) is 2.24. The van der Waals surface area contributed by atoms with Crippen LogP contribution in [0, 0.1) is 0 Å². The van der Waals surface area contributed by atoms with Gasteiger partial charge >= 0.3 is 0 Å². The molecule has 100 valence electrons. The number of hydrogen-bond donors (Lipinski definition) is 1. The Balaban J connectivity index is 2.28. The van der Waals surface area contributed by atoms with E-state index >= 15 is 0 Å². The minimum Gasteiger partial charge on any atom is -0.314 e. The third-order valence-corrected chi connectivity index (χ3v) is 4.15. The van der Waals surface area contributed by atoms with Crippen LogP contribution in [-0.4, -0.2) is 31.1 Å². The molecule has 1 saturated heterocycles. The number of piperazine rings is 1. The van der Waals surface area contributed by atoms with Crippen LogP contribution < -0.4 is 5.32 Å². The van der Waals surface area contributed by atoms with Crippen LogP contribution in [0.2, 0.25) is 10.0 Å². The molecular formula is C14H20Cl2N2. The molecule has 0 bridgehead atoms. The monoisotopic (exact) mass is 286 g/mol. The Bertz CT molecular complexity index is 369. The minimum atomic E-state index is 0.346. The molecule has 1 aliphatic heterocycles. The number of nitrogens with zero attached hydrogens (tertiary/aromatic N) is 1. The lowest BCUT2D eigenvalue weighted by Gasteiger charge is -2.36. The van der Waals surface area contributed by atoms with Crippen molar-refractivity contribution in [2.45, 2.75) is 25.8 Å². The van der Waals surface area contributed by atoms with Crippen LogP contribution in [0.1, 0.15) is 31.4 Å². The number of rotatable bonds is 4. The molecule has 0 radical (unpaired) electrons. The van der Waals surface area contributed by atoms with E-state index in [4.69, 9.17) is 23.2 Å². The van der Waals surface area contributed by atoms with Gasteiger partial charge in [-0.15, -0.1) is 0 Å². The van der Waals surface area contributed by atoms with Crippen molar-refractivity contribution in [3.63, 3.8) is 0 Å². The molecule has 2 rings (SSSR count). The van der Waals surface area contributed by atoms with E-state index in [-0.39, 0.29) is 0 Å². The zero-order chi connectivity index (χ0) is 13.0. The second-order valence-electron chi connectivity index (χ2n) is 4.73. The van der Waals surface area contributed by atoms with Gasteiger partial charge < -0.3 is 5.32 Å². The summed E-state index contributed by atoms with van der Waals surface area (Å²) >= 11 is 12.7. The van der Waals surface area contributed by atoms with Gasteiger partial charge in [0, 0.05) is 47.8 Å². The largest absolute Gasteiger partial charge is 0.314 e. The lowest BCUT2D eigenvalue weighted by atomic mass is 9.99. The Morgan fingerprint density at radius 1 is 1.22 bits per heavy atom. The Hall–Kier alpha value is -0.280. The van der Waals surface area contributed by atoms with Gasteiger partial charge in [-0.05, 0) is 18.6 Å². The second-order valence-corrected chi connectivity index (χ2v) is 5.54. The van der Waals surface area contributed by atoms with E-state index in [1.165, 1.54) is 0 Å². The van der Waals surface area contributed by atoms with Gasteiger partial charge in [-0.25, -0.2) is 0 Å². The van der Waals surface area contributed by atoms with Crippen molar-refractivity contribution in [3.05, 3.63) is 33.8 Å². The molecule has 1 aromatic rings.